The molecule has 2 aromatic heterocycles. The van der Waals surface area contributed by atoms with Crippen LogP contribution in [0.1, 0.15) is 46.1 Å². The monoisotopic (exact) mass is 652 g/mol. The van der Waals surface area contributed by atoms with Crippen LogP contribution < -0.4 is 9.47 Å². The lowest BCUT2D eigenvalue weighted by Crippen LogP contribution is -2.50. The van der Waals surface area contributed by atoms with Crippen LogP contribution in [0.2, 0.25) is 10.0 Å². The number of imidazole rings is 1. The van der Waals surface area contributed by atoms with Crippen LogP contribution in [0.25, 0.3) is 22.6 Å². The third kappa shape index (κ3) is 7.45. The number of amides is 1. The van der Waals surface area contributed by atoms with Crippen molar-refractivity contribution in [2.24, 2.45) is 0 Å². The smallest absolute Gasteiger partial charge is 0.410 e. The first-order valence-corrected chi connectivity index (χ1v) is 16.0. The number of carbonyl (C=O) groups is 1. The van der Waals surface area contributed by atoms with Crippen LogP contribution in [0.4, 0.5) is 4.79 Å². The number of rotatable bonds is 9. The van der Waals surface area contributed by atoms with Gasteiger partial charge in [0.25, 0.3) is 0 Å². The lowest BCUT2D eigenvalue weighted by atomic mass is 10.2. The number of piperazine rings is 1. The minimum atomic E-state index is -0.507. The van der Waals surface area contributed by atoms with Crippen LogP contribution in [0, 0.1) is 0 Å². The molecule has 10 nitrogen and oxygen atoms in total. The van der Waals surface area contributed by atoms with E-state index in [1.807, 2.05) is 43.5 Å². The van der Waals surface area contributed by atoms with Crippen LogP contribution in [0.5, 0.6) is 11.6 Å². The summed E-state index contributed by atoms with van der Waals surface area (Å²) in [7, 11) is 0. The average Bonchev–Trinajstić information content (AvgIpc) is 3.62. The number of carbonyl (C=O) groups excluding carboxylic acids is 1. The predicted octanol–water partition coefficient (Wildman–Crippen LogP) is 6.71. The first-order valence-electron chi connectivity index (χ1n) is 15.2. The quantitative estimate of drug-likeness (QED) is 0.197. The van der Waals surface area contributed by atoms with Gasteiger partial charge >= 0.3 is 6.09 Å². The van der Waals surface area contributed by atoms with E-state index < -0.39 is 5.60 Å². The van der Waals surface area contributed by atoms with Gasteiger partial charge in [-0.05, 0) is 52.2 Å². The molecule has 2 fully saturated rings. The molecule has 3 heterocycles. The summed E-state index contributed by atoms with van der Waals surface area (Å²) in [5.74, 6) is 1.57. The molecule has 0 atom stereocenters. The van der Waals surface area contributed by atoms with Gasteiger partial charge in [0.15, 0.2) is 11.2 Å². The number of benzene rings is 2. The highest BCUT2D eigenvalue weighted by Gasteiger charge is 2.41. The summed E-state index contributed by atoms with van der Waals surface area (Å²) in [5.41, 5.74) is 2.24. The zero-order valence-electron chi connectivity index (χ0n) is 26.1. The molecule has 0 radical (unpaired) electrons. The molecule has 1 amide bonds. The van der Waals surface area contributed by atoms with Gasteiger partial charge in [-0.1, -0.05) is 53.5 Å². The van der Waals surface area contributed by atoms with Crippen LogP contribution in [-0.2, 0) is 11.3 Å². The molecule has 4 aromatic rings. The van der Waals surface area contributed by atoms with E-state index in [0.717, 1.165) is 31.5 Å². The lowest BCUT2D eigenvalue weighted by molar-refractivity contribution is 0.0137. The fourth-order valence-electron chi connectivity index (χ4n) is 5.20. The number of nitrogens with zero attached hydrogens (tertiary/aromatic N) is 6. The van der Waals surface area contributed by atoms with E-state index in [2.05, 4.69) is 33.9 Å². The van der Waals surface area contributed by atoms with Crippen LogP contribution in [-0.4, -0.2) is 85.9 Å². The summed E-state index contributed by atoms with van der Waals surface area (Å²) in [4.78, 5) is 30.4. The Balaban J connectivity index is 1.18. The van der Waals surface area contributed by atoms with Crippen molar-refractivity contribution >= 4 is 40.5 Å². The Bertz CT molecular complexity index is 1680. The van der Waals surface area contributed by atoms with Gasteiger partial charge in [0.05, 0.1) is 16.6 Å². The molecule has 12 heteroatoms. The Morgan fingerprint density at radius 2 is 1.73 bits per heavy atom. The van der Waals surface area contributed by atoms with Crippen LogP contribution in [0.15, 0.2) is 48.8 Å². The van der Waals surface area contributed by atoms with Crippen molar-refractivity contribution in [2.75, 3.05) is 39.3 Å². The standard InChI is InChI=1S/C33H38Cl2N6O4/c1-32(2,3)45-31(42)40-14-12-39(13-15-40)16-17-43-26-19-24(34)23(18-25(26)35)28-38-27-29(41(28)20-22-8-6-5-7-9-22)36-21-37-30(27)44-33(4)10-11-33/h5-9,18-19,21H,10-17,20H2,1-4H3. The van der Waals surface area contributed by atoms with Crippen molar-refractivity contribution in [3.05, 3.63) is 64.4 Å². The molecule has 0 spiro atoms. The van der Waals surface area contributed by atoms with E-state index in [0.29, 0.717) is 77.0 Å². The van der Waals surface area contributed by atoms with Crippen molar-refractivity contribution in [1.82, 2.24) is 29.3 Å². The zero-order chi connectivity index (χ0) is 31.8. The summed E-state index contributed by atoms with van der Waals surface area (Å²) in [6.45, 7) is 12.0. The maximum atomic E-state index is 12.4. The molecule has 2 aromatic carbocycles. The van der Waals surface area contributed by atoms with Gasteiger partial charge in [0.2, 0.25) is 5.88 Å². The Hall–Kier alpha value is -3.60. The Morgan fingerprint density at radius 3 is 2.42 bits per heavy atom. The summed E-state index contributed by atoms with van der Waals surface area (Å²) in [5, 5.41) is 0.880. The average molecular weight is 654 g/mol. The molecule has 0 bridgehead atoms. The van der Waals surface area contributed by atoms with E-state index in [1.165, 1.54) is 6.33 Å². The van der Waals surface area contributed by atoms with Crippen LogP contribution >= 0.6 is 23.2 Å². The van der Waals surface area contributed by atoms with Gasteiger partial charge in [0.1, 0.15) is 35.7 Å². The number of halogens is 2. The molecular weight excluding hydrogens is 615 g/mol. The Labute approximate surface area is 273 Å². The van der Waals surface area contributed by atoms with Crippen molar-refractivity contribution in [2.45, 2.75) is 58.3 Å². The summed E-state index contributed by atoms with van der Waals surface area (Å²) >= 11 is 13.7. The molecule has 238 valence electrons. The minimum Gasteiger partial charge on any atom is -0.491 e. The summed E-state index contributed by atoms with van der Waals surface area (Å²) < 4.78 is 19.8. The first kappa shape index (κ1) is 31.4. The largest absolute Gasteiger partial charge is 0.491 e. The second-order valence-electron chi connectivity index (χ2n) is 12.8. The van der Waals surface area contributed by atoms with Gasteiger partial charge in [-0.25, -0.2) is 14.8 Å². The lowest BCUT2D eigenvalue weighted by Gasteiger charge is -2.35. The van der Waals surface area contributed by atoms with E-state index >= 15 is 0 Å². The SMILES string of the molecule is CC(C)(C)OC(=O)N1CCN(CCOc2cc(Cl)c(-c3nc4c(OC5(C)CC5)ncnc4n3Cc3ccccc3)cc2Cl)CC1. The molecule has 2 aliphatic rings. The second kappa shape index (κ2) is 12.7. The van der Waals surface area contributed by atoms with Gasteiger partial charge in [-0.15, -0.1) is 0 Å². The van der Waals surface area contributed by atoms with Crippen molar-refractivity contribution < 1.29 is 19.0 Å². The third-order valence-corrected chi connectivity index (χ3v) is 8.54. The van der Waals surface area contributed by atoms with Gasteiger partial charge in [-0.2, -0.15) is 4.98 Å². The first-order chi connectivity index (χ1) is 21.5. The molecular formula is C33H38Cl2N6O4. The topological polar surface area (TPSA) is 94.8 Å². The van der Waals surface area contributed by atoms with Crippen molar-refractivity contribution in [3.8, 4) is 23.0 Å². The predicted molar refractivity (Wildman–Crippen MR) is 174 cm³/mol. The molecule has 45 heavy (non-hydrogen) atoms. The number of fused-ring (bicyclic) bond motifs is 1. The molecule has 6 rings (SSSR count). The maximum Gasteiger partial charge on any atom is 0.410 e. The van der Waals surface area contributed by atoms with E-state index in [9.17, 15) is 4.79 Å². The fourth-order valence-corrected chi connectivity index (χ4v) is 5.66. The molecule has 1 saturated heterocycles. The molecule has 0 N–H and O–H groups in total. The maximum absolute atomic E-state index is 12.4. The summed E-state index contributed by atoms with van der Waals surface area (Å²) in [6.07, 6.45) is 3.19. The second-order valence-corrected chi connectivity index (χ2v) is 13.6. The minimum absolute atomic E-state index is 0.226. The highest BCUT2D eigenvalue weighted by molar-refractivity contribution is 6.36. The molecule has 1 saturated carbocycles. The van der Waals surface area contributed by atoms with E-state index in [-0.39, 0.29) is 11.7 Å². The number of ether oxygens (including phenoxy) is 3. The van der Waals surface area contributed by atoms with Crippen molar-refractivity contribution in [1.29, 1.82) is 0 Å². The van der Waals surface area contributed by atoms with E-state index in [1.54, 1.807) is 17.0 Å². The number of hydrogen-bond acceptors (Lipinski definition) is 8. The molecule has 1 aliphatic carbocycles. The molecule has 0 unspecified atom stereocenters. The Kier molecular flexibility index (Phi) is 8.83. The highest BCUT2D eigenvalue weighted by atomic mass is 35.5. The number of aromatic nitrogens is 4. The molecule has 1 aliphatic heterocycles. The van der Waals surface area contributed by atoms with Gasteiger partial charge < -0.3 is 23.7 Å². The fraction of sp³-hybridized carbons (Fsp3) is 0.455. The van der Waals surface area contributed by atoms with Crippen LogP contribution in [0.3, 0.4) is 0 Å². The Morgan fingerprint density at radius 1 is 1.00 bits per heavy atom. The number of hydrogen-bond donors (Lipinski definition) is 0. The highest BCUT2D eigenvalue weighted by Crippen LogP contribution is 2.42. The van der Waals surface area contributed by atoms with Crippen molar-refractivity contribution in [3.63, 3.8) is 0 Å². The normalized spacial score (nSPS) is 16.5. The van der Waals surface area contributed by atoms with E-state index in [4.69, 9.17) is 42.4 Å². The van der Waals surface area contributed by atoms with Gasteiger partial charge in [-0.3, -0.25) is 4.90 Å². The summed E-state index contributed by atoms with van der Waals surface area (Å²) in [6, 6.07) is 13.6. The third-order valence-electron chi connectivity index (χ3n) is 7.93. The van der Waals surface area contributed by atoms with Gasteiger partial charge in [0, 0.05) is 44.4 Å². The zero-order valence-corrected chi connectivity index (χ0v) is 27.6.